The Kier molecular flexibility index (Phi) is 13.7. The molecule has 5 aromatic rings. The second-order valence-corrected chi connectivity index (χ2v) is 17.9. The maximum absolute atomic E-state index is 14.3. The Morgan fingerprint density at radius 2 is 1.33 bits per heavy atom. The SMILES string of the molecule is CCN(CC)[C@@H](C(=O)N1CCC[C@H]1c1ncc(-c2ccc(-c3ccc(-c4cnc([C@@H]5CCCN5C(=O)CCc5ccc(OCC6C=CCCC6)cc5)[nH]4)cc3)cc2)[nH]1)C1C=CC=CC1. The molecular formula is C54H63N7O3. The van der Waals surface area contributed by atoms with Crippen LogP contribution >= 0.6 is 0 Å². The lowest BCUT2D eigenvalue weighted by atomic mass is 9.90. The molecule has 10 nitrogen and oxygen atoms in total. The van der Waals surface area contributed by atoms with E-state index in [9.17, 15) is 9.59 Å². The van der Waals surface area contributed by atoms with Crippen molar-refractivity contribution in [3.8, 4) is 39.4 Å². The Labute approximate surface area is 378 Å². The van der Waals surface area contributed by atoms with Gasteiger partial charge in [0.2, 0.25) is 11.8 Å². The van der Waals surface area contributed by atoms with Crippen LogP contribution in [0, 0.1) is 11.8 Å². The molecule has 4 aliphatic rings. The average molecular weight is 858 g/mol. The van der Waals surface area contributed by atoms with Crippen molar-refractivity contribution in [2.45, 2.75) is 96.2 Å². The third-order valence-electron chi connectivity index (χ3n) is 13.9. The molecule has 2 fully saturated rings. The molecule has 64 heavy (non-hydrogen) atoms. The number of amides is 2. The van der Waals surface area contributed by atoms with Gasteiger partial charge in [0.25, 0.3) is 0 Å². The summed E-state index contributed by atoms with van der Waals surface area (Å²) in [6.45, 7) is 8.20. The largest absolute Gasteiger partial charge is 0.493 e. The Hall–Kier alpha value is -6.00. The van der Waals surface area contributed by atoms with E-state index < -0.39 is 0 Å². The van der Waals surface area contributed by atoms with Crippen molar-refractivity contribution in [2.24, 2.45) is 11.8 Å². The van der Waals surface area contributed by atoms with E-state index in [0.29, 0.717) is 18.8 Å². The zero-order valence-electron chi connectivity index (χ0n) is 37.5. The zero-order chi connectivity index (χ0) is 43.8. The van der Waals surface area contributed by atoms with Crippen molar-refractivity contribution in [2.75, 3.05) is 32.8 Å². The molecule has 2 unspecified atom stereocenters. The van der Waals surface area contributed by atoms with Crippen LogP contribution in [0.2, 0.25) is 0 Å². The maximum atomic E-state index is 14.3. The Morgan fingerprint density at radius 1 is 0.719 bits per heavy atom. The predicted molar refractivity (Wildman–Crippen MR) is 254 cm³/mol. The summed E-state index contributed by atoms with van der Waals surface area (Å²) in [6.07, 6.45) is 26.3. The zero-order valence-corrected chi connectivity index (χ0v) is 37.5. The van der Waals surface area contributed by atoms with Crippen molar-refractivity contribution >= 4 is 11.8 Å². The highest BCUT2D eigenvalue weighted by Gasteiger charge is 2.40. The minimum Gasteiger partial charge on any atom is -0.493 e. The van der Waals surface area contributed by atoms with Crippen molar-refractivity contribution < 1.29 is 14.3 Å². The fourth-order valence-corrected chi connectivity index (χ4v) is 10.3. The Balaban J connectivity index is 0.791. The van der Waals surface area contributed by atoms with Crippen molar-refractivity contribution in [3.05, 3.63) is 139 Å². The highest BCUT2D eigenvalue weighted by Crippen LogP contribution is 2.36. The number of nitrogens with zero attached hydrogens (tertiary/aromatic N) is 5. The summed E-state index contributed by atoms with van der Waals surface area (Å²) in [5.74, 6) is 3.65. The van der Waals surface area contributed by atoms with E-state index in [4.69, 9.17) is 14.7 Å². The first-order chi connectivity index (χ1) is 31.4. The van der Waals surface area contributed by atoms with Crippen molar-refractivity contribution in [1.29, 1.82) is 0 Å². The lowest BCUT2D eigenvalue weighted by Crippen LogP contribution is -2.52. The van der Waals surface area contributed by atoms with Gasteiger partial charge in [0, 0.05) is 31.3 Å². The first kappa shape index (κ1) is 43.3. The smallest absolute Gasteiger partial charge is 0.241 e. The lowest BCUT2D eigenvalue weighted by molar-refractivity contribution is -0.139. The molecule has 0 bridgehead atoms. The number of carbonyl (C=O) groups is 2. The first-order valence-corrected chi connectivity index (χ1v) is 23.8. The fourth-order valence-electron chi connectivity index (χ4n) is 10.3. The van der Waals surface area contributed by atoms with Crippen LogP contribution in [0.1, 0.15) is 101 Å². The minimum absolute atomic E-state index is 0.0409. The van der Waals surface area contributed by atoms with E-state index in [1.807, 2.05) is 29.4 Å². The number of imidazole rings is 2. The second-order valence-electron chi connectivity index (χ2n) is 17.9. The number of carbonyl (C=O) groups excluding carboxylic acids is 2. The van der Waals surface area contributed by atoms with Gasteiger partial charge in [-0.3, -0.25) is 14.5 Å². The molecular weight excluding hydrogens is 795 g/mol. The summed E-state index contributed by atoms with van der Waals surface area (Å²) in [6, 6.07) is 25.1. The van der Waals surface area contributed by atoms with Crippen LogP contribution in [0.3, 0.4) is 0 Å². The van der Waals surface area contributed by atoms with Gasteiger partial charge in [-0.2, -0.15) is 0 Å². The van der Waals surface area contributed by atoms with E-state index in [-0.39, 0.29) is 35.9 Å². The number of H-pyrrole nitrogens is 2. The third kappa shape index (κ3) is 9.72. The van der Waals surface area contributed by atoms with Crippen molar-refractivity contribution in [3.63, 3.8) is 0 Å². The summed E-state index contributed by atoms with van der Waals surface area (Å²) in [7, 11) is 0. The van der Waals surface area contributed by atoms with E-state index in [1.165, 1.54) is 19.3 Å². The summed E-state index contributed by atoms with van der Waals surface area (Å²) >= 11 is 0. The van der Waals surface area contributed by atoms with Gasteiger partial charge in [-0.1, -0.05) is 111 Å². The molecule has 0 saturated carbocycles. The van der Waals surface area contributed by atoms with Gasteiger partial charge in [0.05, 0.1) is 48.5 Å². The van der Waals surface area contributed by atoms with Crippen LogP contribution in [0.5, 0.6) is 5.75 Å². The number of aromatic nitrogens is 4. The van der Waals surface area contributed by atoms with Crippen LogP contribution in [0.4, 0.5) is 0 Å². The normalized spacial score (nSPS) is 21.2. The molecule has 9 rings (SSSR count). The Morgan fingerprint density at radius 3 is 1.91 bits per heavy atom. The molecule has 0 spiro atoms. The maximum Gasteiger partial charge on any atom is 0.241 e. The standard InChI is InChI=1S/C54H63N7O3/c1-3-59(4-2)51(44-15-9-6-10-16-44)54(63)61-34-12-18-49(61)53-56-36-47(58-53)43-28-24-41(25-29-43)40-22-26-42(27-23-40)46-35-55-52(57-46)48-17-11-33-60(48)50(62)32-21-38-19-30-45(31-20-38)64-37-39-13-7-5-8-14-39/h6-7,9-10,13,15,19-20,22-31,35-36,39,44,48-49,51H,3-5,8,11-12,14,16-18,21,32-34,37H2,1-2H3,(H,55,57)(H,56,58)/t39?,44?,48-,49-,51+/m0/s1. The number of allylic oxidation sites excluding steroid dienone is 4. The molecule has 2 aliphatic heterocycles. The van der Waals surface area contributed by atoms with E-state index in [0.717, 1.165) is 121 Å². The molecule has 10 heteroatoms. The lowest BCUT2D eigenvalue weighted by Gasteiger charge is -2.37. The van der Waals surface area contributed by atoms with Gasteiger partial charge < -0.3 is 24.5 Å². The number of nitrogens with one attached hydrogen (secondary N) is 2. The number of aromatic amines is 2. The molecule has 2 aliphatic carbocycles. The molecule has 2 N–H and O–H groups in total. The predicted octanol–water partition coefficient (Wildman–Crippen LogP) is 10.7. The fraction of sp³-hybridized carbons (Fsp3) is 0.407. The number of likely N-dealkylation sites (tertiary alicyclic amines) is 2. The highest BCUT2D eigenvalue weighted by molar-refractivity contribution is 5.83. The summed E-state index contributed by atoms with van der Waals surface area (Å²) in [5.41, 5.74) is 7.40. The van der Waals surface area contributed by atoms with E-state index in [2.05, 4.69) is 131 Å². The molecule has 2 saturated heterocycles. The Bertz CT molecular complexity index is 2420. The van der Waals surface area contributed by atoms with Gasteiger partial charge in [-0.25, -0.2) is 9.97 Å². The minimum atomic E-state index is -0.175. The van der Waals surface area contributed by atoms with Gasteiger partial charge in [0.1, 0.15) is 17.4 Å². The topological polar surface area (TPSA) is 110 Å². The number of ether oxygens (including phenoxy) is 1. The number of aryl methyl sites for hydroxylation is 1. The van der Waals surface area contributed by atoms with E-state index >= 15 is 0 Å². The van der Waals surface area contributed by atoms with Gasteiger partial charge in [-0.05, 0) is 111 Å². The number of hydrogen-bond acceptors (Lipinski definition) is 6. The summed E-state index contributed by atoms with van der Waals surface area (Å²) in [4.78, 5) is 51.0. The second kappa shape index (κ2) is 20.2. The molecule has 0 radical (unpaired) electrons. The molecule has 332 valence electrons. The molecule has 3 aromatic carbocycles. The summed E-state index contributed by atoms with van der Waals surface area (Å²) in [5, 5.41) is 0. The number of rotatable bonds is 16. The first-order valence-electron chi connectivity index (χ1n) is 23.8. The van der Waals surface area contributed by atoms with Crippen LogP contribution in [0.25, 0.3) is 33.6 Å². The molecule has 2 amide bonds. The monoisotopic (exact) mass is 857 g/mol. The summed E-state index contributed by atoms with van der Waals surface area (Å²) < 4.78 is 6.04. The quantitative estimate of drug-likeness (QED) is 0.0957. The number of benzene rings is 3. The van der Waals surface area contributed by atoms with Gasteiger partial charge in [-0.15, -0.1) is 0 Å². The van der Waals surface area contributed by atoms with E-state index in [1.54, 1.807) is 0 Å². The van der Waals surface area contributed by atoms with Crippen LogP contribution in [-0.4, -0.2) is 85.3 Å². The van der Waals surface area contributed by atoms with Crippen molar-refractivity contribution in [1.82, 2.24) is 34.6 Å². The number of hydrogen-bond donors (Lipinski definition) is 2. The van der Waals surface area contributed by atoms with Gasteiger partial charge in [0.15, 0.2) is 0 Å². The van der Waals surface area contributed by atoms with Crippen LogP contribution in [0.15, 0.2) is 122 Å². The number of likely N-dealkylation sites (N-methyl/N-ethyl adjacent to an activating group) is 1. The van der Waals surface area contributed by atoms with Gasteiger partial charge >= 0.3 is 0 Å². The average Bonchev–Trinajstić information content (AvgIpc) is 4.21. The highest BCUT2D eigenvalue weighted by atomic mass is 16.5. The molecule has 4 heterocycles. The van der Waals surface area contributed by atoms with Crippen LogP contribution < -0.4 is 4.74 Å². The molecule has 2 aromatic heterocycles. The third-order valence-corrected chi connectivity index (χ3v) is 13.9. The molecule has 5 atom stereocenters. The van der Waals surface area contributed by atoms with Crippen LogP contribution in [-0.2, 0) is 16.0 Å².